The monoisotopic (exact) mass is 190 g/mol. The van der Waals surface area contributed by atoms with Crippen LogP contribution in [0.4, 0.5) is 0 Å². The fourth-order valence-corrected chi connectivity index (χ4v) is 1.68. The molecule has 1 rings (SSSR count). The second kappa shape index (κ2) is 4.21. The van der Waals surface area contributed by atoms with Crippen LogP contribution in [0.1, 0.15) is 26.2 Å². The predicted octanol–water partition coefficient (Wildman–Crippen LogP) is 2.06. The molecule has 0 spiro atoms. The SMILES string of the molecule is CO[C](=[Cr])C1CC=C(C)CC1. The Hall–Kier alpha value is 0.102. The Morgan fingerprint density at radius 2 is 2.45 bits per heavy atom. The summed E-state index contributed by atoms with van der Waals surface area (Å²) in [6.45, 7) is 2.20. The van der Waals surface area contributed by atoms with Crippen molar-refractivity contribution in [2.75, 3.05) is 7.11 Å². The molecule has 1 nitrogen and oxygen atoms in total. The molecule has 1 aliphatic rings. The van der Waals surface area contributed by atoms with E-state index in [1.165, 1.54) is 18.4 Å². The molecule has 0 radical (unpaired) electrons. The molecule has 1 aliphatic carbocycles. The van der Waals surface area contributed by atoms with E-state index in [2.05, 4.69) is 28.9 Å². The van der Waals surface area contributed by atoms with Crippen LogP contribution in [-0.4, -0.2) is 11.7 Å². The second-order valence-corrected chi connectivity index (χ2v) is 3.67. The van der Waals surface area contributed by atoms with Crippen molar-refractivity contribution in [3.05, 3.63) is 11.6 Å². The van der Waals surface area contributed by atoms with Crippen LogP contribution in [0, 0.1) is 5.92 Å². The van der Waals surface area contributed by atoms with Gasteiger partial charge in [-0.25, -0.2) is 0 Å². The quantitative estimate of drug-likeness (QED) is 0.605. The van der Waals surface area contributed by atoms with E-state index in [9.17, 15) is 0 Å². The first-order valence-electron chi connectivity index (χ1n) is 3.97. The maximum atomic E-state index is 5.16. The fraction of sp³-hybridized carbons (Fsp3) is 0.667. The summed E-state index contributed by atoms with van der Waals surface area (Å²) in [5.74, 6) is 0.615. The fourth-order valence-electron chi connectivity index (χ4n) is 1.35. The van der Waals surface area contributed by atoms with E-state index in [1.54, 1.807) is 7.11 Å². The molecule has 0 N–H and O–H groups in total. The zero-order valence-corrected chi connectivity index (χ0v) is 8.37. The van der Waals surface area contributed by atoms with E-state index in [0.717, 1.165) is 11.0 Å². The van der Waals surface area contributed by atoms with Crippen molar-refractivity contribution in [2.45, 2.75) is 26.2 Å². The maximum absolute atomic E-state index is 5.16. The Bertz CT molecular complexity index is 184. The zero-order chi connectivity index (χ0) is 8.27. The predicted molar refractivity (Wildman–Crippen MR) is 43.1 cm³/mol. The Labute approximate surface area is 76.4 Å². The summed E-state index contributed by atoms with van der Waals surface area (Å²) in [6.07, 6.45) is 5.91. The van der Waals surface area contributed by atoms with Gasteiger partial charge in [-0.1, -0.05) is 0 Å². The average molecular weight is 190 g/mol. The van der Waals surface area contributed by atoms with Gasteiger partial charge in [0.2, 0.25) is 0 Å². The van der Waals surface area contributed by atoms with Crippen LogP contribution in [0.5, 0.6) is 0 Å². The Morgan fingerprint density at radius 1 is 1.73 bits per heavy atom. The van der Waals surface area contributed by atoms with Crippen LogP contribution in [0.15, 0.2) is 11.6 Å². The molecule has 0 bridgehead atoms. The van der Waals surface area contributed by atoms with E-state index in [4.69, 9.17) is 4.74 Å². The first-order chi connectivity index (χ1) is 5.24. The van der Waals surface area contributed by atoms with Gasteiger partial charge in [-0.15, -0.1) is 0 Å². The van der Waals surface area contributed by atoms with Crippen LogP contribution in [-0.2, 0) is 20.6 Å². The van der Waals surface area contributed by atoms with Gasteiger partial charge in [0.15, 0.2) is 0 Å². The Kier molecular flexibility index (Phi) is 3.52. The molecule has 11 heavy (non-hydrogen) atoms. The molecular weight excluding hydrogens is 176 g/mol. The van der Waals surface area contributed by atoms with Gasteiger partial charge in [0.05, 0.1) is 0 Å². The zero-order valence-electron chi connectivity index (χ0n) is 7.09. The third-order valence-electron chi connectivity index (χ3n) is 2.17. The van der Waals surface area contributed by atoms with Crippen molar-refractivity contribution in [2.24, 2.45) is 5.92 Å². The van der Waals surface area contributed by atoms with Crippen molar-refractivity contribution < 1.29 is 20.6 Å². The third kappa shape index (κ3) is 2.56. The first kappa shape index (κ1) is 9.19. The molecular formula is C9H14CrO. The van der Waals surface area contributed by atoms with E-state index in [0.29, 0.717) is 5.92 Å². The molecule has 0 amide bonds. The van der Waals surface area contributed by atoms with Gasteiger partial charge in [-0.3, -0.25) is 0 Å². The minimum absolute atomic E-state index is 0.615. The van der Waals surface area contributed by atoms with Gasteiger partial charge < -0.3 is 0 Å². The van der Waals surface area contributed by atoms with Gasteiger partial charge >= 0.3 is 76.0 Å². The molecule has 0 aromatic rings. The summed E-state index contributed by atoms with van der Waals surface area (Å²) in [5.41, 5.74) is 1.52. The second-order valence-electron chi connectivity index (χ2n) is 3.04. The normalized spacial score (nSPS) is 24.5. The summed E-state index contributed by atoms with van der Waals surface area (Å²) in [5, 5.41) is 0. The summed E-state index contributed by atoms with van der Waals surface area (Å²) in [4.78, 5) is 0. The third-order valence-corrected chi connectivity index (χ3v) is 2.95. The molecule has 1 atom stereocenters. The van der Waals surface area contributed by atoms with Crippen LogP contribution in [0.3, 0.4) is 0 Å². The van der Waals surface area contributed by atoms with E-state index in [1.807, 2.05) is 0 Å². The van der Waals surface area contributed by atoms with Gasteiger partial charge in [0.25, 0.3) is 0 Å². The molecule has 2 heteroatoms. The van der Waals surface area contributed by atoms with Crippen LogP contribution in [0.2, 0.25) is 0 Å². The van der Waals surface area contributed by atoms with E-state index in [-0.39, 0.29) is 0 Å². The summed E-state index contributed by atoms with van der Waals surface area (Å²) in [7, 11) is 1.73. The van der Waals surface area contributed by atoms with Crippen molar-refractivity contribution in [3.63, 3.8) is 0 Å². The standard InChI is InChI=1S/C9H14O.Cr/c1-8-3-5-9(6-4-8)7-10-2;/h3,9H,4-6H2,1-2H3;. The number of rotatable bonds is 2. The molecule has 0 fully saturated rings. The molecule has 1 unspecified atom stereocenters. The van der Waals surface area contributed by atoms with Crippen molar-refractivity contribution >= 4 is 4.57 Å². The molecule has 62 valence electrons. The van der Waals surface area contributed by atoms with Crippen molar-refractivity contribution in [1.82, 2.24) is 0 Å². The molecule has 0 heterocycles. The van der Waals surface area contributed by atoms with Crippen molar-refractivity contribution in [1.29, 1.82) is 0 Å². The van der Waals surface area contributed by atoms with Crippen LogP contribution in [0.25, 0.3) is 0 Å². The molecule has 0 aromatic carbocycles. The van der Waals surface area contributed by atoms with Crippen molar-refractivity contribution in [3.8, 4) is 0 Å². The van der Waals surface area contributed by atoms with Crippen LogP contribution >= 0.6 is 0 Å². The van der Waals surface area contributed by atoms with E-state index >= 15 is 0 Å². The number of allylic oxidation sites excluding steroid dienone is 2. The van der Waals surface area contributed by atoms with E-state index < -0.39 is 0 Å². The first-order valence-corrected chi connectivity index (χ1v) is 4.61. The van der Waals surface area contributed by atoms with Gasteiger partial charge in [-0.05, 0) is 0 Å². The average Bonchev–Trinajstić information content (AvgIpc) is 2.05. The summed E-state index contributed by atoms with van der Waals surface area (Å²) < 4.78 is 6.22. The molecule has 0 saturated carbocycles. The number of methoxy groups -OCH3 is 1. The number of hydrogen-bond acceptors (Lipinski definition) is 1. The van der Waals surface area contributed by atoms with Gasteiger partial charge in [0.1, 0.15) is 0 Å². The van der Waals surface area contributed by atoms with Gasteiger partial charge in [-0.2, -0.15) is 0 Å². The topological polar surface area (TPSA) is 9.23 Å². The summed E-state index contributed by atoms with van der Waals surface area (Å²) in [6, 6.07) is 0. The molecule has 0 aliphatic heterocycles. The Balaban J connectivity index is 2.47. The Morgan fingerprint density at radius 3 is 2.91 bits per heavy atom. The number of hydrogen-bond donors (Lipinski definition) is 0. The molecule has 0 aromatic heterocycles. The number of ether oxygens (including phenoxy) is 1. The van der Waals surface area contributed by atoms with Crippen LogP contribution < -0.4 is 0 Å². The minimum atomic E-state index is 0.615. The summed E-state index contributed by atoms with van der Waals surface area (Å²) >= 11 is 2.98. The molecule has 0 saturated heterocycles. The van der Waals surface area contributed by atoms with Gasteiger partial charge in [0, 0.05) is 0 Å².